The summed E-state index contributed by atoms with van der Waals surface area (Å²) in [5, 5.41) is 3.89. The van der Waals surface area contributed by atoms with Gasteiger partial charge in [0.1, 0.15) is 0 Å². The number of ether oxygens (including phenoxy) is 2. The Morgan fingerprint density at radius 2 is 1.83 bits per heavy atom. The molecule has 3 aromatic rings. The Morgan fingerprint density at radius 1 is 1.03 bits per heavy atom. The highest BCUT2D eigenvalue weighted by atomic mass is 16.5. The number of carbonyl (C=O) groups is 1. The number of hydrogen-bond acceptors (Lipinski definition) is 4. The monoisotopic (exact) mass is 390 g/mol. The number of aromatic amines is 1. The van der Waals surface area contributed by atoms with Gasteiger partial charge in [0, 0.05) is 22.7 Å². The maximum Gasteiger partial charge on any atom is 0.251 e. The zero-order valence-corrected chi connectivity index (χ0v) is 16.4. The Bertz CT molecular complexity index is 1180. The third-order valence-electron chi connectivity index (χ3n) is 5.19. The number of pyridine rings is 1. The minimum atomic E-state index is -0.261. The molecule has 6 nitrogen and oxygen atoms in total. The molecule has 0 saturated carbocycles. The van der Waals surface area contributed by atoms with Crippen LogP contribution in [0.5, 0.6) is 11.5 Å². The molecular formula is C23H22N2O4. The van der Waals surface area contributed by atoms with Crippen LogP contribution in [0.3, 0.4) is 0 Å². The number of nitrogens with one attached hydrogen (secondary N) is 2. The molecule has 0 aliphatic heterocycles. The third kappa shape index (κ3) is 3.74. The van der Waals surface area contributed by atoms with Gasteiger partial charge in [-0.15, -0.1) is 0 Å². The van der Waals surface area contributed by atoms with Crippen molar-refractivity contribution in [2.24, 2.45) is 0 Å². The van der Waals surface area contributed by atoms with E-state index in [1.165, 1.54) is 6.08 Å². The van der Waals surface area contributed by atoms with E-state index in [0.29, 0.717) is 17.2 Å². The first kappa shape index (κ1) is 18.8. The number of H-pyrrole nitrogens is 1. The van der Waals surface area contributed by atoms with Crippen LogP contribution >= 0.6 is 0 Å². The number of amides is 1. The van der Waals surface area contributed by atoms with Crippen LogP contribution in [0.1, 0.15) is 23.1 Å². The molecule has 29 heavy (non-hydrogen) atoms. The normalized spacial score (nSPS) is 12.9. The molecule has 0 saturated heterocycles. The highest BCUT2D eigenvalue weighted by Crippen LogP contribution is 2.29. The summed E-state index contributed by atoms with van der Waals surface area (Å²) in [6.07, 6.45) is 5.93. The average Bonchev–Trinajstić information content (AvgIpc) is 3.22. The molecule has 4 rings (SSSR count). The molecule has 1 aromatic heterocycles. The van der Waals surface area contributed by atoms with Gasteiger partial charge in [-0.1, -0.05) is 12.1 Å². The van der Waals surface area contributed by atoms with E-state index in [1.807, 2.05) is 18.2 Å². The Kier molecular flexibility index (Phi) is 5.08. The number of rotatable bonds is 5. The van der Waals surface area contributed by atoms with E-state index in [-0.39, 0.29) is 11.5 Å². The van der Waals surface area contributed by atoms with Crippen molar-refractivity contribution in [2.45, 2.75) is 19.3 Å². The van der Waals surface area contributed by atoms with Gasteiger partial charge < -0.3 is 19.8 Å². The molecule has 0 fully saturated rings. The van der Waals surface area contributed by atoms with Crippen LogP contribution in [0.4, 0.5) is 5.69 Å². The van der Waals surface area contributed by atoms with Crippen LogP contribution in [0.25, 0.3) is 17.0 Å². The summed E-state index contributed by atoms with van der Waals surface area (Å²) in [6, 6.07) is 11.0. The number of aryl methyl sites for hydroxylation is 1. The van der Waals surface area contributed by atoms with Crippen LogP contribution in [-0.2, 0) is 17.6 Å². The Hall–Kier alpha value is -3.54. The summed E-state index contributed by atoms with van der Waals surface area (Å²) in [6.45, 7) is 0. The van der Waals surface area contributed by atoms with Crippen LogP contribution < -0.4 is 20.3 Å². The number of aromatic nitrogens is 1. The molecule has 1 aliphatic rings. The standard InChI is InChI=1S/C23H22N2O4/c1-28-20-10-6-14(12-21(20)29-2)7-11-22(26)24-15-8-9-17-16-4-3-5-18(16)23(27)25-19(17)13-15/h6-13H,3-5H2,1-2H3,(H,24,26)(H,25,27)/b11-7-. The molecule has 2 aromatic carbocycles. The van der Waals surface area contributed by atoms with Gasteiger partial charge in [0.2, 0.25) is 5.91 Å². The van der Waals surface area contributed by atoms with Crippen molar-refractivity contribution < 1.29 is 14.3 Å². The fourth-order valence-electron chi connectivity index (χ4n) is 3.79. The summed E-state index contributed by atoms with van der Waals surface area (Å²) >= 11 is 0. The van der Waals surface area contributed by atoms with Crippen LogP contribution in [-0.4, -0.2) is 25.1 Å². The van der Waals surface area contributed by atoms with Gasteiger partial charge in [0.05, 0.1) is 19.7 Å². The predicted molar refractivity (Wildman–Crippen MR) is 114 cm³/mol. The molecule has 0 unspecified atom stereocenters. The Balaban J connectivity index is 1.53. The lowest BCUT2D eigenvalue weighted by Gasteiger charge is -2.08. The van der Waals surface area contributed by atoms with Gasteiger partial charge in [0.15, 0.2) is 11.5 Å². The molecule has 6 heteroatoms. The lowest BCUT2D eigenvalue weighted by molar-refractivity contribution is -0.111. The van der Waals surface area contributed by atoms with Gasteiger partial charge in [-0.3, -0.25) is 9.59 Å². The number of carbonyl (C=O) groups excluding carboxylic acids is 1. The van der Waals surface area contributed by atoms with Crippen molar-refractivity contribution in [3.8, 4) is 11.5 Å². The first-order valence-corrected chi connectivity index (χ1v) is 9.48. The molecule has 2 N–H and O–H groups in total. The molecule has 1 aliphatic carbocycles. The summed E-state index contributed by atoms with van der Waals surface area (Å²) in [7, 11) is 3.14. The van der Waals surface area contributed by atoms with E-state index in [1.54, 1.807) is 38.5 Å². The fourth-order valence-corrected chi connectivity index (χ4v) is 3.79. The zero-order valence-electron chi connectivity index (χ0n) is 16.4. The highest BCUT2D eigenvalue weighted by Gasteiger charge is 2.18. The van der Waals surface area contributed by atoms with E-state index in [2.05, 4.69) is 10.3 Å². The minimum absolute atomic E-state index is 0.0261. The SMILES string of the molecule is COc1ccc(/C=C\C(=O)Nc2ccc3c4c(c(=O)[nH]c3c2)CCC4)cc1OC. The second kappa shape index (κ2) is 7.83. The average molecular weight is 390 g/mol. The van der Waals surface area contributed by atoms with Crippen LogP contribution in [0.2, 0.25) is 0 Å². The summed E-state index contributed by atoms with van der Waals surface area (Å²) in [5.74, 6) is 0.967. The smallest absolute Gasteiger partial charge is 0.251 e. The molecule has 0 atom stereocenters. The molecular weight excluding hydrogens is 368 g/mol. The first-order chi connectivity index (χ1) is 14.1. The first-order valence-electron chi connectivity index (χ1n) is 9.48. The number of benzene rings is 2. The third-order valence-corrected chi connectivity index (χ3v) is 5.19. The van der Waals surface area contributed by atoms with Crippen molar-refractivity contribution in [2.75, 3.05) is 19.5 Å². The van der Waals surface area contributed by atoms with Crippen molar-refractivity contribution >= 4 is 28.6 Å². The Morgan fingerprint density at radius 3 is 2.62 bits per heavy atom. The van der Waals surface area contributed by atoms with Gasteiger partial charge in [-0.25, -0.2) is 0 Å². The van der Waals surface area contributed by atoms with Gasteiger partial charge in [0.25, 0.3) is 5.56 Å². The van der Waals surface area contributed by atoms with E-state index in [4.69, 9.17) is 9.47 Å². The number of fused-ring (bicyclic) bond motifs is 3. The van der Waals surface area contributed by atoms with E-state index in [0.717, 1.165) is 46.9 Å². The molecule has 148 valence electrons. The molecule has 0 bridgehead atoms. The van der Waals surface area contributed by atoms with E-state index >= 15 is 0 Å². The molecule has 1 amide bonds. The number of hydrogen-bond donors (Lipinski definition) is 2. The van der Waals surface area contributed by atoms with Crippen molar-refractivity contribution in [1.29, 1.82) is 0 Å². The molecule has 0 spiro atoms. The van der Waals surface area contributed by atoms with Gasteiger partial charge in [-0.05, 0) is 60.7 Å². The molecule has 1 heterocycles. The second-order valence-electron chi connectivity index (χ2n) is 6.96. The maximum atomic E-state index is 12.3. The fraction of sp³-hybridized carbons (Fsp3) is 0.217. The lowest BCUT2D eigenvalue weighted by atomic mass is 10.1. The number of anilines is 1. The predicted octanol–water partition coefficient (Wildman–Crippen LogP) is 3.69. The Labute approximate surface area is 168 Å². The van der Waals surface area contributed by atoms with Crippen molar-refractivity contribution in [3.05, 3.63) is 69.5 Å². The maximum absolute atomic E-state index is 12.3. The number of methoxy groups -OCH3 is 2. The van der Waals surface area contributed by atoms with Crippen molar-refractivity contribution in [1.82, 2.24) is 4.98 Å². The second-order valence-corrected chi connectivity index (χ2v) is 6.96. The largest absolute Gasteiger partial charge is 0.493 e. The highest BCUT2D eigenvalue weighted by molar-refractivity contribution is 6.03. The summed E-state index contributed by atoms with van der Waals surface area (Å²) < 4.78 is 10.5. The van der Waals surface area contributed by atoms with Crippen LogP contribution in [0, 0.1) is 0 Å². The minimum Gasteiger partial charge on any atom is -0.493 e. The quantitative estimate of drug-likeness (QED) is 0.651. The summed E-state index contributed by atoms with van der Waals surface area (Å²) in [5.41, 5.74) is 4.20. The zero-order chi connectivity index (χ0) is 20.4. The van der Waals surface area contributed by atoms with E-state index in [9.17, 15) is 9.59 Å². The topological polar surface area (TPSA) is 80.4 Å². The van der Waals surface area contributed by atoms with Gasteiger partial charge in [-0.2, -0.15) is 0 Å². The van der Waals surface area contributed by atoms with E-state index < -0.39 is 0 Å². The van der Waals surface area contributed by atoms with Gasteiger partial charge >= 0.3 is 0 Å². The lowest BCUT2D eigenvalue weighted by Crippen LogP contribution is -2.13. The summed E-state index contributed by atoms with van der Waals surface area (Å²) in [4.78, 5) is 27.5. The van der Waals surface area contributed by atoms with Crippen molar-refractivity contribution in [3.63, 3.8) is 0 Å². The molecule has 0 radical (unpaired) electrons. The van der Waals surface area contributed by atoms with Crippen LogP contribution in [0.15, 0.2) is 47.3 Å².